The molecule has 0 bridgehead atoms. The predicted octanol–water partition coefficient (Wildman–Crippen LogP) is 4.65. The van der Waals surface area contributed by atoms with E-state index in [2.05, 4.69) is 33.1 Å². The van der Waals surface area contributed by atoms with Gasteiger partial charge in [0.2, 0.25) is 0 Å². The summed E-state index contributed by atoms with van der Waals surface area (Å²) in [6, 6.07) is 5.02. The predicted molar refractivity (Wildman–Crippen MR) is 135 cm³/mol. The van der Waals surface area contributed by atoms with Crippen LogP contribution in [0.4, 0.5) is 10.1 Å². The summed E-state index contributed by atoms with van der Waals surface area (Å²) in [4.78, 5) is 14.1. The van der Waals surface area contributed by atoms with Gasteiger partial charge in [-0.1, -0.05) is 0 Å². The van der Waals surface area contributed by atoms with E-state index < -0.39 is 5.82 Å². The SMILES string of the molecule is COc1cc2c(-c3cnn4cc(N5CCC6CCN(C)CCCC6C5)cnc34)ccnc2cc1F. The molecule has 0 N–H and O–H groups in total. The summed E-state index contributed by atoms with van der Waals surface area (Å²) in [5.74, 6) is 1.35. The molecule has 2 unspecified atom stereocenters. The zero-order chi connectivity index (χ0) is 23.9. The van der Waals surface area contributed by atoms with Gasteiger partial charge in [0.25, 0.3) is 0 Å². The molecule has 6 rings (SSSR count). The number of methoxy groups -OCH3 is 1. The Morgan fingerprint density at radius 3 is 2.77 bits per heavy atom. The second-order valence-corrected chi connectivity index (χ2v) is 9.99. The number of nitrogens with zero attached hydrogens (tertiary/aromatic N) is 6. The number of anilines is 1. The highest BCUT2D eigenvalue weighted by atomic mass is 19.1. The maximum absolute atomic E-state index is 14.2. The van der Waals surface area contributed by atoms with Crippen LogP contribution in [0.5, 0.6) is 5.75 Å². The van der Waals surface area contributed by atoms with E-state index >= 15 is 0 Å². The number of piperidine rings is 1. The fraction of sp³-hybridized carbons (Fsp3) is 0.444. The van der Waals surface area contributed by atoms with E-state index in [9.17, 15) is 4.39 Å². The summed E-state index contributed by atoms with van der Waals surface area (Å²) >= 11 is 0. The molecule has 0 spiro atoms. The highest BCUT2D eigenvalue weighted by molar-refractivity contribution is 5.98. The third-order valence-corrected chi connectivity index (χ3v) is 7.90. The van der Waals surface area contributed by atoms with Crippen molar-refractivity contribution in [1.82, 2.24) is 24.5 Å². The molecule has 0 radical (unpaired) electrons. The van der Waals surface area contributed by atoms with Crippen molar-refractivity contribution < 1.29 is 9.13 Å². The van der Waals surface area contributed by atoms with E-state index in [1.807, 2.05) is 23.0 Å². The zero-order valence-electron chi connectivity index (χ0n) is 20.3. The molecular formula is C27H31FN6O. The van der Waals surface area contributed by atoms with Gasteiger partial charge in [-0.2, -0.15) is 5.10 Å². The van der Waals surface area contributed by atoms with Crippen LogP contribution in [-0.2, 0) is 0 Å². The van der Waals surface area contributed by atoms with E-state index in [0.29, 0.717) is 5.52 Å². The molecule has 2 aliphatic rings. The number of benzene rings is 1. The first-order valence-electron chi connectivity index (χ1n) is 12.5. The van der Waals surface area contributed by atoms with Crippen LogP contribution in [0.15, 0.2) is 43.0 Å². The molecule has 4 aromatic rings. The smallest absolute Gasteiger partial charge is 0.167 e. The molecule has 1 aromatic carbocycles. The van der Waals surface area contributed by atoms with Gasteiger partial charge in [-0.25, -0.2) is 13.9 Å². The number of pyridine rings is 1. The normalized spacial score (nSPS) is 21.6. The Bertz CT molecular complexity index is 1370. The lowest BCUT2D eigenvalue weighted by atomic mass is 9.79. The van der Waals surface area contributed by atoms with Gasteiger partial charge in [0, 0.05) is 36.3 Å². The zero-order valence-corrected chi connectivity index (χ0v) is 20.3. The van der Waals surface area contributed by atoms with Crippen LogP contribution in [0, 0.1) is 17.7 Å². The minimum atomic E-state index is -0.424. The van der Waals surface area contributed by atoms with Crippen molar-refractivity contribution in [1.29, 1.82) is 0 Å². The Morgan fingerprint density at radius 2 is 1.89 bits per heavy atom. The maximum Gasteiger partial charge on any atom is 0.167 e. The van der Waals surface area contributed by atoms with E-state index in [1.54, 1.807) is 12.3 Å². The van der Waals surface area contributed by atoms with Gasteiger partial charge >= 0.3 is 0 Å². The van der Waals surface area contributed by atoms with Crippen LogP contribution in [0.1, 0.15) is 25.7 Å². The molecule has 5 heterocycles. The molecule has 8 heteroatoms. The van der Waals surface area contributed by atoms with Crippen molar-refractivity contribution in [2.75, 3.05) is 45.2 Å². The number of rotatable bonds is 3. The molecule has 0 aliphatic carbocycles. The Balaban J connectivity index is 1.31. The van der Waals surface area contributed by atoms with Crippen LogP contribution in [0.3, 0.4) is 0 Å². The Kier molecular flexibility index (Phi) is 5.76. The molecule has 3 aromatic heterocycles. The van der Waals surface area contributed by atoms with Crippen LogP contribution in [0.25, 0.3) is 27.7 Å². The lowest BCUT2D eigenvalue weighted by Crippen LogP contribution is -2.43. The van der Waals surface area contributed by atoms with Gasteiger partial charge < -0.3 is 14.5 Å². The Morgan fingerprint density at radius 1 is 1.00 bits per heavy atom. The van der Waals surface area contributed by atoms with Crippen molar-refractivity contribution in [2.45, 2.75) is 25.7 Å². The van der Waals surface area contributed by atoms with Gasteiger partial charge in [-0.15, -0.1) is 0 Å². The number of halogens is 1. The second kappa shape index (κ2) is 9.07. The molecule has 7 nitrogen and oxygen atoms in total. The van der Waals surface area contributed by atoms with Crippen LogP contribution in [-0.4, -0.2) is 64.8 Å². The Hall–Kier alpha value is -3.26. The largest absolute Gasteiger partial charge is 0.494 e. The molecular weight excluding hydrogens is 443 g/mol. The summed E-state index contributed by atoms with van der Waals surface area (Å²) in [6.45, 7) is 4.57. The lowest BCUT2D eigenvalue weighted by Gasteiger charge is -2.41. The van der Waals surface area contributed by atoms with Crippen molar-refractivity contribution in [3.8, 4) is 16.9 Å². The molecule has 0 saturated carbocycles. The highest BCUT2D eigenvalue weighted by Crippen LogP contribution is 2.36. The van der Waals surface area contributed by atoms with Crippen molar-refractivity contribution in [3.05, 3.63) is 48.8 Å². The van der Waals surface area contributed by atoms with E-state index in [1.165, 1.54) is 51.9 Å². The van der Waals surface area contributed by atoms with Crippen LogP contribution >= 0.6 is 0 Å². The Labute approximate surface area is 204 Å². The topological polar surface area (TPSA) is 58.8 Å². The van der Waals surface area contributed by atoms with Crippen molar-refractivity contribution in [3.63, 3.8) is 0 Å². The van der Waals surface area contributed by atoms with E-state index in [-0.39, 0.29) is 5.75 Å². The molecule has 2 saturated heterocycles. The second-order valence-electron chi connectivity index (χ2n) is 9.99. The number of hydrogen-bond acceptors (Lipinski definition) is 6. The minimum absolute atomic E-state index is 0.197. The third-order valence-electron chi connectivity index (χ3n) is 7.90. The average Bonchev–Trinajstić information content (AvgIpc) is 3.29. The van der Waals surface area contributed by atoms with E-state index in [0.717, 1.165) is 52.8 Å². The molecule has 2 fully saturated rings. The first-order chi connectivity index (χ1) is 17.1. The number of ether oxygens (including phenoxy) is 1. The molecule has 2 atom stereocenters. The first-order valence-corrected chi connectivity index (χ1v) is 12.5. The molecule has 182 valence electrons. The van der Waals surface area contributed by atoms with Gasteiger partial charge in [0.15, 0.2) is 17.2 Å². The number of aromatic nitrogens is 4. The summed E-state index contributed by atoms with van der Waals surface area (Å²) in [7, 11) is 3.72. The summed E-state index contributed by atoms with van der Waals surface area (Å²) in [6.07, 6.45) is 12.7. The summed E-state index contributed by atoms with van der Waals surface area (Å²) < 4.78 is 21.3. The average molecular weight is 475 g/mol. The van der Waals surface area contributed by atoms with Gasteiger partial charge in [-0.05, 0) is 75.4 Å². The monoisotopic (exact) mass is 474 g/mol. The van der Waals surface area contributed by atoms with Crippen molar-refractivity contribution >= 4 is 22.2 Å². The van der Waals surface area contributed by atoms with Gasteiger partial charge in [0.05, 0.1) is 36.9 Å². The number of fused-ring (bicyclic) bond motifs is 3. The molecule has 35 heavy (non-hydrogen) atoms. The van der Waals surface area contributed by atoms with Crippen molar-refractivity contribution in [2.24, 2.45) is 11.8 Å². The fourth-order valence-electron chi connectivity index (χ4n) is 5.90. The molecule has 0 amide bonds. The quantitative estimate of drug-likeness (QED) is 0.431. The number of likely N-dealkylation sites (tertiary alicyclic amines) is 1. The molecule has 2 aliphatic heterocycles. The maximum atomic E-state index is 14.2. The minimum Gasteiger partial charge on any atom is -0.494 e. The first kappa shape index (κ1) is 22.2. The van der Waals surface area contributed by atoms with E-state index in [4.69, 9.17) is 9.72 Å². The number of hydrogen-bond donors (Lipinski definition) is 0. The summed E-state index contributed by atoms with van der Waals surface area (Å²) in [5.41, 5.74) is 4.26. The highest BCUT2D eigenvalue weighted by Gasteiger charge is 2.30. The van der Waals surface area contributed by atoms with Gasteiger partial charge in [0.1, 0.15) is 0 Å². The van der Waals surface area contributed by atoms with Crippen LogP contribution < -0.4 is 9.64 Å². The van der Waals surface area contributed by atoms with Crippen LogP contribution in [0.2, 0.25) is 0 Å². The van der Waals surface area contributed by atoms with Gasteiger partial charge in [-0.3, -0.25) is 4.98 Å². The standard InChI is InChI=1S/C27H31FN6O/c1-32-9-3-4-19-16-33(11-7-18(19)6-10-32)20-14-30-27-23(15-31-34(27)17-20)21-5-8-29-25-13-24(28)26(35-2)12-22(21)25/h5,8,12-15,17-19H,3-4,6-7,9-11,16H2,1-2H3. The summed E-state index contributed by atoms with van der Waals surface area (Å²) in [5, 5.41) is 5.44. The third kappa shape index (κ3) is 4.10. The fourth-order valence-corrected chi connectivity index (χ4v) is 5.90. The lowest BCUT2D eigenvalue weighted by molar-refractivity contribution is 0.179.